The van der Waals surface area contributed by atoms with Crippen LogP contribution in [0.2, 0.25) is 0 Å². The Kier molecular flexibility index (Phi) is 5.99. The van der Waals surface area contributed by atoms with Crippen molar-refractivity contribution in [3.05, 3.63) is 30.1 Å². The highest BCUT2D eigenvalue weighted by molar-refractivity contribution is 5.81. The first kappa shape index (κ1) is 15.1. The smallest absolute Gasteiger partial charge is 0.323 e. The number of nitrogens with zero attached hydrogens (tertiary/aromatic N) is 2. The maximum Gasteiger partial charge on any atom is 0.323 e. The third-order valence-electron chi connectivity index (χ3n) is 2.64. The van der Waals surface area contributed by atoms with Gasteiger partial charge in [-0.1, -0.05) is 13.8 Å². The average Bonchev–Trinajstić information content (AvgIpc) is 2.35. The molecule has 1 aromatic heterocycles. The van der Waals surface area contributed by atoms with Crippen molar-refractivity contribution in [1.82, 2.24) is 9.88 Å². The van der Waals surface area contributed by atoms with E-state index in [0.29, 0.717) is 19.4 Å². The highest BCUT2D eigenvalue weighted by Gasteiger charge is 2.17. The summed E-state index contributed by atoms with van der Waals surface area (Å²) in [6, 6.07) is 3.72. The molecule has 1 amide bonds. The van der Waals surface area contributed by atoms with Crippen molar-refractivity contribution in [3.8, 4) is 0 Å². The number of carbonyl (C=O) groups is 2. The molecule has 0 atom stereocenters. The van der Waals surface area contributed by atoms with Gasteiger partial charge < -0.3 is 10.0 Å². The summed E-state index contributed by atoms with van der Waals surface area (Å²) in [6.07, 6.45) is 4.30. The lowest BCUT2D eigenvalue weighted by Gasteiger charge is -2.22. The van der Waals surface area contributed by atoms with Crippen LogP contribution in [-0.4, -0.2) is 40.0 Å². The molecular weight excluding hydrogens is 244 g/mol. The van der Waals surface area contributed by atoms with Crippen LogP contribution >= 0.6 is 0 Å². The van der Waals surface area contributed by atoms with Gasteiger partial charge in [-0.3, -0.25) is 14.6 Å². The quantitative estimate of drug-likeness (QED) is 0.811. The molecule has 0 saturated carbocycles. The Bertz CT molecular complexity index is 418. The van der Waals surface area contributed by atoms with Crippen LogP contribution in [-0.2, 0) is 16.0 Å². The van der Waals surface area contributed by atoms with Crippen LogP contribution in [0.1, 0.15) is 25.8 Å². The fourth-order valence-electron chi connectivity index (χ4n) is 1.82. The van der Waals surface area contributed by atoms with Crippen LogP contribution in [0, 0.1) is 5.92 Å². The summed E-state index contributed by atoms with van der Waals surface area (Å²) < 4.78 is 0. The lowest BCUT2D eigenvalue weighted by molar-refractivity contribution is -0.144. The summed E-state index contributed by atoms with van der Waals surface area (Å²) in [6.45, 7) is 4.17. The number of hydrogen-bond donors (Lipinski definition) is 1. The Hall–Kier alpha value is -1.91. The molecule has 19 heavy (non-hydrogen) atoms. The van der Waals surface area contributed by atoms with Crippen LogP contribution in [0.3, 0.4) is 0 Å². The summed E-state index contributed by atoms with van der Waals surface area (Å²) in [4.78, 5) is 28.1. The second-order valence-corrected chi connectivity index (χ2v) is 4.92. The fraction of sp³-hybridized carbons (Fsp3) is 0.500. The summed E-state index contributed by atoms with van der Waals surface area (Å²) in [5.74, 6) is -0.838. The summed E-state index contributed by atoms with van der Waals surface area (Å²) in [7, 11) is 0. The van der Waals surface area contributed by atoms with E-state index in [1.54, 1.807) is 12.4 Å². The van der Waals surface area contributed by atoms with Gasteiger partial charge in [0, 0.05) is 25.4 Å². The monoisotopic (exact) mass is 264 g/mol. The van der Waals surface area contributed by atoms with Gasteiger partial charge in [-0.05, 0) is 30.0 Å². The molecule has 1 rings (SSSR count). The minimum absolute atomic E-state index is 0.118. The van der Waals surface area contributed by atoms with E-state index >= 15 is 0 Å². The average molecular weight is 264 g/mol. The Morgan fingerprint density at radius 1 is 1.32 bits per heavy atom. The molecule has 0 saturated heterocycles. The van der Waals surface area contributed by atoms with Crippen LogP contribution in [0.4, 0.5) is 0 Å². The van der Waals surface area contributed by atoms with Crippen molar-refractivity contribution in [2.75, 3.05) is 13.1 Å². The maximum atomic E-state index is 12.0. The first-order chi connectivity index (χ1) is 8.99. The highest BCUT2D eigenvalue weighted by Crippen LogP contribution is 2.06. The summed E-state index contributed by atoms with van der Waals surface area (Å²) in [5.41, 5.74) is 1.03. The molecule has 0 fully saturated rings. The Morgan fingerprint density at radius 3 is 2.47 bits per heavy atom. The minimum Gasteiger partial charge on any atom is -0.480 e. The molecule has 0 aliphatic rings. The summed E-state index contributed by atoms with van der Waals surface area (Å²) in [5, 5.41) is 8.83. The number of carbonyl (C=O) groups excluding carboxylic acids is 1. The molecule has 0 unspecified atom stereocenters. The van der Waals surface area contributed by atoms with Gasteiger partial charge in [-0.2, -0.15) is 0 Å². The molecule has 1 N–H and O–H groups in total. The van der Waals surface area contributed by atoms with Gasteiger partial charge in [0.15, 0.2) is 0 Å². The Balaban J connectivity index is 2.54. The van der Waals surface area contributed by atoms with Crippen LogP contribution < -0.4 is 0 Å². The van der Waals surface area contributed by atoms with Gasteiger partial charge >= 0.3 is 5.97 Å². The van der Waals surface area contributed by atoms with Crippen molar-refractivity contribution in [2.24, 2.45) is 5.92 Å². The van der Waals surface area contributed by atoms with Gasteiger partial charge in [0.25, 0.3) is 0 Å². The van der Waals surface area contributed by atoms with Crippen molar-refractivity contribution >= 4 is 11.9 Å². The number of aryl methyl sites for hydroxylation is 1. The van der Waals surface area contributed by atoms with Gasteiger partial charge in [-0.15, -0.1) is 0 Å². The van der Waals surface area contributed by atoms with Crippen LogP contribution in [0.25, 0.3) is 0 Å². The number of carboxylic acid groups (broad SMARTS) is 1. The van der Waals surface area contributed by atoms with Crippen LogP contribution in [0.15, 0.2) is 24.5 Å². The van der Waals surface area contributed by atoms with Crippen molar-refractivity contribution in [3.63, 3.8) is 0 Å². The lowest BCUT2D eigenvalue weighted by atomic mass is 10.1. The first-order valence-electron chi connectivity index (χ1n) is 6.37. The van der Waals surface area contributed by atoms with Gasteiger partial charge in [0.05, 0.1) is 0 Å². The molecule has 5 heteroatoms. The maximum absolute atomic E-state index is 12.0. The van der Waals surface area contributed by atoms with Crippen LogP contribution in [0.5, 0.6) is 0 Å². The van der Waals surface area contributed by atoms with E-state index in [2.05, 4.69) is 4.98 Å². The Labute approximate surface area is 113 Å². The lowest BCUT2D eigenvalue weighted by Crippen LogP contribution is -2.38. The molecule has 0 radical (unpaired) electrons. The normalized spacial score (nSPS) is 10.5. The van der Waals surface area contributed by atoms with E-state index in [0.717, 1.165) is 5.56 Å². The summed E-state index contributed by atoms with van der Waals surface area (Å²) >= 11 is 0. The molecule has 0 spiro atoms. The molecule has 0 aliphatic carbocycles. The van der Waals surface area contributed by atoms with E-state index in [1.807, 2.05) is 26.0 Å². The van der Waals surface area contributed by atoms with Gasteiger partial charge in [0.1, 0.15) is 6.54 Å². The molecular formula is C14H20N2O3. The number of hydrogen-bond acceptors (Lipinski definition) is 3. The largest absolute Gasteiger partial charge is 0.480 e. The molecule has 1 heterocycles. The predicted molar refractivity (Wildman–Crippen MR) is 71.6 cm³/mol. The molecule has 104 valence electrons. The second kappa shape index (κ2) is 7.51. The third-order valence-corrected chi connectivity index (χ3v) is 2.64. The molecule has 1 aromatic rings. The standard InChI is InChI=1S/C14H20N2O3/c1-11(2)9-16(10-14(18)19)13(17)4-3-12-5-7-15-8-6-12/h5-8,11H,3-4,9-10H2,1-2H3,(H,18,19). The topological polar surface area (TPSA) is 70.5 Å². The first-order valence-corrected chi connectivity index (χ1v) is 6.37. The minimum atomic E-state index is -0.974. The van der Waals surface area contributed by atoms with E-state index in [1.165, 1.54) is 4.90 Å². The number of aromatic nitrogens is 1. The predicted octanol–water partition coefficient (Wildman–Crippen LogP) is 1.58. The van der Waals surface area contributed by atoms with E-state index < -0.39 is 5.97 Å². The number of amides is 1. The number of rotatable bonds is 7. The fourth-order valence-corrected chi connectivity index (χ4v) is 1.82. The third kappa shape index (κ3) is 5.99. The van der Waals surface area contributed by atoms with Gasteiger partial charge in [0.2, 0.25) is 5.91 Å². The van der Waals surface area contributed by atoms with E-state index in [4.69, 9.17) is 5.11 Å². The number of carboxylic acids is 1. The van der Waals surface area contributed by atoms with Crippen molar-refractivity contribution < 1.29 is 14.7 Å². The zero-order chi connectivity index (χ0) is 14.3. The zero-order valence-electron chi connectivity index (χ0n) is 11.4. The van der Waals surface area contributed by atoms with Crippen molar-refractivity contribution in [2.45, 2.75) is 26.7 Å². The second-order valence-electron chi connectivity index (χ2n) is 4.92. The highest BCUT2D eigenvalue weighted by atomic mass is 16.4. The Morgan fingerprint density at radius 2 is 1.95 bits per heavy atom. The van der Waals surface area contributed by atoms with Crippen molar-refractivity contribution in [1.29, 1.82) is 0 Å². The molecule has 0 aromatic carbocycles. The number of pyridine rings is 1. The van der Waals surface area contributed by atoms with E-state index in [9.17, 15) is 9.59 Å². The molecule has 0 aliphatic heterocycles. The van der Waals surface area contributed by atoms with E-state index in [-0.39, 0.29) is 18.4 Å². The number of aliphatic carboxylic acids is 1. The molecule has 0 bridgehead atoms. The SMILES string of the molecule is CC(C)CN(CC(=O)O)C(=O)CCc1ccncc1. The molecule has 5 nitrogen and oxygen atoms in total. The zero-order valence-corrected chi connectivity index (χ0v) is 11.4. The van der Waals surface area contributed by atoms with Gasteiger partial charge in [-0.25, -0.2) is 0 Å².